The van der Waals surface area contributed by atoms with Gasteiger partial charge in [0.05, 0.1) is 6.61 Å². The first-order chi connectivity index (χ1) is 12.7. The third kappa shape index (κ3) is 4.86. The summed E-state index contributed by atoms with van der Waals surface area (Å²) in [5.41, 5.74) is 1.45. The van der Waals surface area contributed by atoms with E-state index in [2.05, 4.69) is 5.16 Å². The van der Waals surface area contributed by atoms with Gasteiger partial charge in [-0.3, -0.25) is 0 Å². The lowest BCUT2D eigenvalue weighted by Crippen LogP contribution is -2.14. The number of esters is 1. The lowest BCUT2D eigenvalue weighted by atomic mass is 10.2. The van der Waals surface area contributed by atoms with E-state index in [1.807, 2.05) is 37.3 Å². The Morgan fingerprint density at radius 3 is 2.38 bits per heavy atom. The molecule has 0 saturated heterocycles. The molecule has 2 aromatic carbocycles. The highest BCUT2D eigenvalue weighted by molar-refractivity contribution is 5.71. The fraction of sp³-hybridized carbons (Fsp3) is 0.200. The number of hydrogen-bond donors (Lipinski definition) is 0. The van der Waals surface area contributed by atoms with Crippen LogP contribution in [0.3, 0.4) is 0 Å². The summed E-state index contributed by atoms with van der Waals surface area (Å²) in [5, 5.41) is 3.90. The Kier molecular flexibility index (Phi) is 5.88. The van der Waals surface area contributed by atoms with Gasteiger partial charge in [0.15, 0.2) is 12.4 Å². The molecule has 1 heterocycles. The maximum Gasteiger partial charge on any atom is 0.344 e. The van der Waals surface area contributed by atoms with E-state index in [1.165, 1.54) is 0 Å². The van der Waals surface area contributed by atoms with Gasteiger partial charge in [0.25, 0.3) is 0 Å². The Morgan fingerprint density at radius 2 is 1.69 bits per heavy atom. The van der Waals surface area contributed by atoms with Gasteiger partial charge in [-0.1, -0.05) is 35.5 Å². The summed E-state index contributed by atoms with van der Waals surface area (Å²) in [6.45, 7) is 2.36. The lowest BCUT2D eigenvalue weighted by Gasteiger charge is -2.07. The van der Waals surface area contributed by atoms with Gasteiger partial charge in [-0.15, -0.1) is 0 Å². The van der Waals surface area contributed by atoms with E-state index >= 15 is 0 Å². The maximum atomic E-state index is 11.8. The minimum absolute atomic E-state index is 0.0296. The number of carbonyl (C=O) groups is 1. The van der Waals surface area contributed by atoms with Crippen molar-refractivity contribution in [2.24, 2.45) is 0 Å². The highest BCUT2D eigenvalue weighted by Crippen LogP contribution is 2.20. The van der Waals surface area contributed by atoms with Crippen LogP contribution in [0, 0.1) is 0 Å². The second kappa shape index (κ2) is 8.71. The second-order valence-electron chi connectivity index (χ2n) is 5.40. The first-order valence-corrected chi connectivity index (χ1v) is 8.27. The Bertz CT molecular complexity index is 827. The Hall–Kier alpha value is -3.28. The van der Waals surface area contributed by atoms with Gasteiger partial charge < -0.3 is 18.7 Å². The molecular weight excluding hydrogens is 334 g/mol. The largest absolute Gasteiger partial charge is 0.494 e. The summed E-state index contributed by atoms with van der Waals surface area (Å²) >= 11 is 0. The van der Waals surface area contributed by atoms with Crippen molar-refractivity contribution in [3.63, 3.8) is 0 Å². The highest BCUT2D eigenvalue weighted by atomic mass is 16.6. The number of rotatable bonds is 8. The van der Waals surface area contributed by atoms with Crippen LogP contribution >= 0.6 is 0 Å². The molecule has 6 nitrogen and oxygen atoms in total. The minimum atomic E-state index is -0.483. The molecule has 0 aliphatic rings. The average Bonchev–Trinajstić information content (AvgIpc) is 3.16. The summed E-state index contributed by atoms with van der Waals surface area (Å²) in [4.78, 5) is 11.8. The topological polar surface area (TPSA) is 70.8 Å². The third-order valence-electron chi connectivity index (χ3n) is 3.49. The molecule has 0 amide bonds. The summed E-state index contributed by atoms with van der Waals surface area (Å²) in [6.07, 6.45) is 0. The third-order valence-corrected chi connectivity index (χ3v) is 3.49. The van der Waals surface area contributed by atoms with Crippen molar-refractivity contribution in [2.75, 3.05) is 13.2 Å². The van der Waals surface area contributed by atoms with Crippen molar-refractivity contribution in [1.29, 1.82) is 0 Å². The minimum Gasteiger partial charge on any atom is -0.494 e. The number of benzene rings is 2. The molecule has 0 unspecified atom stereocenters. The SMILES string of the molecule is CCOc1ccc(OCC(=O)OCc2cc(-c3ccccc3)on2)cc1. The first-order valence-electron chi connectivity index (χ1n) is 8.27. The van der Waals surface area contributed by atoms with Crippen molar-refractivity contribution in [2.45, 2.75) is 13.5 Å². The molecule has 3 rings (SSSR count). The molecule has 134 valence electrons. The van der Waals surface area contributed by atoms with E-state index in [9.17, 15) is 4.79 Å². The quantitative estimate of drug-likeness (QED) is 0.573. The molecule has 0 atom stereocenters. The second-order valence-corrected chi connectivity index (χ2v) is 5.40. The van der Waals surface area contributed by atoms with Crippen LogP contribution in [0.25, 0.3) is 11.3 Å². The van der Waals surface area contributed by atoms with Crippen LogP contribution in [-0.2, 0) is 16.1 Å². The molecule has 6 heteroatoms. The molecule has 0 aliphatic heterocycles. The Balaban J connectivity index is 1.45. The van der Waals surface area contributed by atoms with Crippen molar-refractivity contribution >= 4 is 5.97 Å². The molecule has 0 bridgehead atoms. The molecule has 0 fully saturated rings. The fourth-order valence-corrected chi connectivity index (χ4v) is 2.26. The van der Waals surface area contributed by atoms with Crippen LogP contribution in [0.1, 0.15) is 12.6 Å². The van der Waals surface area contributed by atoms with Crippen molar-refractivity contribution in [1.82, 2.24) is 5.16 Å². The van der Waals surface area contributed by atoms with Crippen LogP contribution in [0.4, 0.5) is 0 Å². The normalized spacial score (nSPS) is 10.3. The summed E-state index contributed by atoms with van der Waals surface area (Å²) < 4.78 is 21.1. The van der Waals surface area contributed by atoms with Crippen molar-refractivity contribution in [3.8, 4) is 22.8 Å². The van der Waals surface area contributed by atoms with Gasteiger partial charge in [-0.25, -0.2) is 4.79 Å². The van der Waals surface area contributed by atoms with Gasteiger partial charge in [0.2, 0.25) is 0 Å². The summed E-state index contributed by atoms with van der Waals surface area (Å²) in [7, 11) is 0. The number of ether oxygens (including phenoxy) is 3. The van der Waals surface area contributed by atoms with Crippen LogP contribution in [-0.4, -0.2) is 24.3 Å². The maximum absolute atomic E-state index is 11.8. The van der Waals surface area contributed by atoms with E-state index in [-0.39, 0.29) is 13.2 Å². The number of hydrogen-bond acceptors (Lipinski definition) is 6. The van der Waals surface area contributed by atoms with Crippen molar-refractivity contribution < 1.29 is 23.5 Å². The van der Waals surface area contributed by atoms with E-state index in [0.29, 0.717) is 23.8 Å². The van der Waals surface area contributed by atoms with Crippen LogP contribution in [0.15, 0.2) is 65.2 Å². The summed E-state index contributed by atoms with van der Waals surface area (Å²) in [6, 6.07) is 18.4. The predicted molar refractivity (Wildman–Crippen MR) is 94.8 cm³/mol. The zero-order valence-corrected chi connectivity index (χ0v) is 14.4. The van der Waals surface area contributed by atoms with E-state index in [4.69, 9.17) is 18.7 Å². The molecule has 0 aliphatic carbocycles. The van der Waals surface area contributed by atoms with E-state index < -0.39 is 5.97 Å². The Morgan fingerprint density at radius 1 is 1.00 bits per heavy atom. The molecular formula is C20H19NO5. The molecule has 0 N–H and O–H groups in total. The number of carbonyl (C=O) groups excluding carboxylic acids is 1. The zero-order valence-electron chi connectivity index (χ0n) is 14.4. The first kappa shape index (κ1) is 17.5. The molecule has 1 aromatic heterocycles. The van der Waals surface area contributed by atoms with Gasteiger partial charge in [0.1, 0.15) is 23.8 Å². The van der Waals surface area contributed by atoms with Crippen LogP contribution < -0.4 is 9.47 Å². The van der Waals surface area contributed by atoms with E-state index in [1.54, 1.807) is 30.3 Å². The standard InChI is InChI=1S/C20H19NO5/c1-2-23-17-8-10-18(11-9-17)24-14-20(22)25-13-16-12-19(26-21-16)15-6-4-3-5-7-15/h3-12H,2,13-14H2,1H3. The summed E-state index contributed by atoms with van der Waals surface area (Å²) in [5.74, 6) is 1.46. The van der Waals surface area contributed by atoms with Crippen LogP contribution in [0.2, 0.25) is 0 Å². The van der Waals surface area contributed by atoms with Gasteiger partial charge in [-0.2, -0.15) is 0 Å². The highest BCUT2D eigenvalue weighted by Gasteiger charge is 2.10. The van der Waals surface area contributed by atoms with Gasteiger partial charge in [0, 0.05) is 11.6 Å². The molecule has 0 saturated carbocycles. The van der Waals surface area contributed by atoms with Gasteiger partial charge >= 0.3 is 5.97 Å². The smallest absolute Gasteiger partial charge is 0.344 e. The lowest BCUT2D eigenvalue weighted by molar-refractivity contribution is -0.147. The Labute approximate surface area is 151 Å². The monoisotopic (exact) mass is 353 g/mol. The zero-order chi connectivity index (χ0) is 18.2. The molecule has 0 radical (unpaired) electrons. The number of aromatic nitrogens is 1. The molecule has 26 heavy (non-hydrogen) atoms. The number of nitrogens with zero attached hydrogens (tertiary/aromatic N) is 1. The van der Waals surface area contributed by atoms with Gasteiger partial charge in [-0.05, 0) is 31.2 Å². The van der Waals surface area contributed by atoms with E-state index in [0.717, 1.165) is 11.3 Å². The average molecular weight is 353 g/mol. The molecule has 0 spiro atoms. The van der Waals surface area contributed by atoms with Crippen LogP contribution in [0.5, 0.6) is 11.5 Å². The molecule has 3 aromatic rings. The van der Waals surface area contributed by atoms with Crippen molar-refractivity contribution in [3.05, 3.63) is 66.4 Å². The predicted octanol–water partition coefficient (Wildman–Crippen LogP) is 3.86. The fourth-order valence-electron chi connectivity index (χ4n) is 2.26.